The lowest BCUT2D eigenvalue weighted by Crippen LogP contribution is -2.13. The molecule has 0 unspecified atom stereocenters. The van der Waals surface area contributed by atoms with Crippen molar-refractivity contribution in [2.45, 2.75) is 6.92 Å². The van der Waals surface area contributed by atoms with Crippen LogP contribution in [0.3, 0.4) is 0 Å². The molecule has 0 N–H and O–H groups in total. The minimum Gasteiger partial charge on any atom is -0.457 e. The molecule has 3 rings (SSSR count). The molecule has 0 saturated carbocycles. The lowest BCUT2D eigenvalue weighted by molar-refractivity contribution is 0.0719. The van der Waals surface area contributed by atoms with Gasteiger partial charge in [-0.3, -0.25) is 0 Å². The number of ether oxygens (including phenoxy) is 3. The standard InChI is InChI=1S/C21H17ClO4/c1-15-9-11-17(12-10-15)26-21(23)19-7-2-3-8-20(19)25-14-24-18-6-4-5-16(22)13-18/h2-13H,14H2,1H3. The van der Waals surface area contributed by atoms with E-state index >= 15 is 0 Å². The summed E-state index contributed by atoms with van der Waals surface area (Å²) in [4.78, 5) is 12.4. The van der Waals surface area contributed by atoms with Gasteiger partial charge in [0, 0.05) is 5.02 Å². The second-order valence-corrected chi connectivity index (χ2v) is 6.00. The number of carbonyl (C=O) groups is 1. The highest BCUT2D eigenvalue weighted by molar-refractivity contribution is 6.30. The number of esters is 1. The molecule has 132 valence electrons. The van der Waals surface area contributed by atoms with Crippen LogP contribution in [0, 0.1) is 6.92 Å². The number of rotatable bonds is 6. The SMILES string of the molecule is Cc1ccc(OC(=O)c2ccccc2OCOc2cccc(Cl)c2)cc1. The van der Waals surface area contributed by atoms with Crippen molar-refractivity contribution >= 4 is 17.6 Å². The van der Waals surface area contributed by atoms with Crippen molar-refractivity contribution in [3.63, 3.8) is 0 Å². The van der Waals surface area contributed by atoms with Crippen molar-refractivity contribution in [3.8, 4) is 17.2 Å². The summed E-state index contributed by atoms with van der Waals surface area (Å²) < 4.78 is 16.5. The van der Waals surface area contributed by atoms with E-state index in [-0.39, 0.29) is 6.79 Å². The topological polar surface area (TPSA) is 44.8 Å². The Kier molecular flexibility index (Phi) is 5.77. The van der Waals surface area contributed by atoms with Crippen LogP contribution < -0.4 is 14.2 Å². The van der Waals surface area contributed by atoms with E-state index < -0.39 is 5.97 Å². The Hall–Kier alpha value is -2.98. The Labute approximate surface area is 156 Å². The molecule has 0 atom stereocenters. The Balaban J connectivity index is 1.65. The molecule has 0 fully saturated rings. The van der Waals surface area contributed by atoms with Crippen LogP contribution in [-0.2, 0) is 0 Å². The minimum absolute atomic E-state index is 0.0603. The molecule has 3 aromatic rings. The van der Waals surface area contributed by atoms with Crippen LogP contribution in [0.15, 0.2) is 72.8 Å². The molecule has 0 saturated heterocycles. The maximum atomic E-state index is 12.4. The molecule has 0 aliphatic heterocycles. The fourth-order valence-corrected chi connectivity index (χ4v) is 2.43. The van der Waals surface area contributed by atoms with E-state index in [1.54, 1.807) is 60.7 Å². The van der Waals surface area contributed by atoms with E-state index in [4.69, 9.17) is 25.8 Å². The summed E-state index contributed by atoms with van der Waals surface area (Å²) in [6.07, 6.45) is 0. The van der Waals surface area contributed by atoms with E-state index in [9.17, 15) is 4.79 Å². The first-order valence-electron chi connectivity index (χ1n) is 8.01. The van der Waals surface area contributed by atoms with Gasteiger partial charge < -0.3 is 14.2 Å². The molecule has 0 amide bonds. The number of aryl methyl sites for hydroxylation is 1. The number of hydrogen-bond donors (Lipinski definition) is 0. The highest BCUT2D eigenvalue weighted by Crippen LogP contribution is 2.22. The zero-order valence-electron chi connectivity index (χ0n) is 14.1. The van der Waals surface area contributed by atoms with Gasteiger partial charge in [-0.2, -0.15) is 0 Å². The van der Waals surface area contributed by atoms with Crippen molar-refractivity contribution < 1.29 is 19.0 Å². The maximum Gasteiger partial charge on any atom is 0.347 e. The first-order chi connectivity index (χ1) is 12.6. The normalized spacial score (nSPS) is 10.2. The molecule has 26 heavy (non-hydrogen) atoms. The van der Waals surface area contributed by atoms with Gasteiger partial charge in [-0.1, -0.05) is 47.5 Å². The molecule has 0 aromatic heterocycles. The molecule has 5 heteroatoms. The van der Waals surface area contributed by atoms with Crippen LogP contribution in [-0.4, -0.2) is 12.8 Å². The summed E-state index contributed by atoms with van der Waals surface area (Å²) in [6, 6.07) is 21.1. The average Bonchev–Trinajstić information content (AvgIpc) is 2.64. The zero-order valence-corrected chi connectivity index (χ0v) is 14.9. The van der Waals surface area contributed by atoms with Gasteiger partial charge >= 0.3 is 5.97 Å². The van der Waals surface area contributed by atoms with Gasteiger partial charge in [0.05, 0.1) is 0 Å². The van der Waals surface area contributed by atoms with Crippen LogP contribution in [0.1, 0.15) is 15.9 Å². The summed E-state index contributed by atoms with van der Waals surface area (Å²) >= 11 is 5.91. The summed E-state index contributed by atoms with van der Waals surface area (Å²) in [6.45, 7) is 1.91. The Morgan fingerprint density at radius 1 is 0.885 bits per heavy atom. The minimum atomic E-state index is -0.493. The second-order valence-electron chi connectivity index (χ2n) is 5.56. The van der Waals surface area contributed by atoms with Gasteiger partial charge in [0.1, 0.15) is 22.8 Å². The summed E-state index contributed by atoms with van der Waals surface area (Å²) in [5, 5.41) is 0.574. The molecule has 0 aliphatic carbocycles. The molecule has 0 spiro atoms. The Morgan fingerprint density at radius 3 is 2.42 bits per heavy atom. The molecular formula is C21H17ClO4. The molecule has 0 radical (unpaired) electrons. The number of hydrogen-bond acceptors (Lipinski definition) is 4. The lowest BCUT2D eigenvalue weighted by Gasteiger charge is -2.12. The molecule has 4 nitrogen and oxygen atoms in total. The summed E-state index contributed by atoms with van der Waals surface area (Å²) in [5.41, 5.74) is 1.41. The average molecular weight is 369 g/mol. The van der Waals surface area contributed by atoms with Crippen LogP contribution >= 0.6 is 11.6 Å². The van der Waals surface area contributed by atoms with E-state index in [1.807, 2.05) is 19.1 Å². The number of halogens is 1. The fourth-order valence-electron chi connectivity index (χ4n) is 2.25. The predicted molar refractivity (Wildman–Crippen MR) is 100 cm³/mol. The van der Waals surface area contributed by atoms with Gasteiger partial charge in [-0.25, -0.2) is 4.79 Å². The zero-order chi connectivity index (χ0) is 18.4. The monoisotopic (exact) mass is 368 g/mol. The van der Waals surface area contributed by atoms with Crippen molar-refractivity contribution in [2.75, 3.05) is 6.79 Å². The third kappa shape index (κ3) is 4.77. The van der Waals surface area contributed by atoms with Gasteiger partial charge in [-0.15, -0.1) is 0 Å². The molecule has 3 aromatic carbocycles. The number of carbonyl (C=O) groups excluding carboxylic acids is 1. The van der Waals surface area contributed by atoms with E-state index in [2.05, 4.69) is 0 Å². The Morgan fingerprint density at radius 2 is 1.65 bits per heavy atom. The quantitative estimate of drug-likeness (QED) is 0.337. The summed E-state index contributed by atoms with van der Waals surface area (Å²) in [7, 11) is 0. The van der Waals surface area contributed by atoms with Crippen molar-refractivity contribution in [2.24, 2.45) is 0 Å². The van der Waals surface area contributed by atoms with E-state index in [0.717, 1.165) is 5.56 Å². The van der Waals surface area contributed by atoms with Crippen molar-refractivity contribution in [1.29, 1.82) is 0 Å². The maximum absolute atomic E-state index is 12.4. The molecule has 0 aliphatic rings. The smallest absolute Gasteiger partial charge is 0.347 e. The third-order valence-electron chi connectivity index (χ3n) is 3.57. The molecular weight excluding hydrogens is 352 g/mol. The van der Waals surface area contributed by atoms with Crippen molar-refractivity contribution in [3.05, 3.63) is 88.9 Å². The van der Waals surface area contributed by atoms with Crippen LogP contribution in [0.25, 0.3) is 0 Å². The van der Waals surface area contributed by atoms with Gasteiger partial charge in [0.25, 0.3) is 0 Å². The van der Waals surface area contributed by atoms with Gasteiger partial charge in [0.15, 0.2) is 0 Å². The third-order valence-corrected chi connectivity index (χ3v) is 3.81. The van der Waals surface area contributed by atoms with E-state index in [1.165, 1.54) is 0 Å². The lowest BCUT2D eigenvalue weighted by atomic mass is 10.2. The number of para-hydroxylation sites is 1. The van der Waals surface area contributed by atoms with Crippen LogP contribution in [0.5, 0.6) is 17.2 Å². The van der Waals surface area contributed by atoms with Crippen molar-refractivity contribution in [1.82, 2.24) is 0 Å². The molecule has 0 bridgehead atoms. The number of benzene rings is 3. The Bertz CT molecular complexity index is 891. The highest BCUT2D eigenvalue weighted by atomic mass is 35.5. The first kappa shape index (κ1) is 17.8. The highest BCUT2D eigenvalue weighted by Gasteiger charge is 2.14. The molecule has 0 heterocycles. The van der Waals surface area contributed by atoms with Crippen LogP contribution in [0.2, 0.25) is 5.02 Å². The predicted octanol–water partition coefficient (Wildman–Crippen LogP) is 5.28. The second kappa shape index (κ2) is 8.41. The van der Waals surface area contributed by atoms with Gasteiger partial charge in [-0.05, 0) is 49.4 Å². The largest absolute Gasteiger partial charge is 0.457 e. The van der Waals surface area contributed by atoms with Gasteiger partial charge in [0.2, 0.25) is 6.79 Å². The fraction of sp³-hybridized carbons (Fsp3) is 0.0952. The summed E-state index contributed by atoms with van der Waals surface area (Å²) in [5.74, 6) is 0.946. The first-order valence-corrected chi connectivity index (χ1v) is 8.39. The van der Waals surface area contributed by atoms with E-state index in [0.29, 0.717) is 27.8 Å². The van der Waals surface area contributed by atoms with Crippen LogP contribution in [0.4, 0.5) is 0 Å².